The van der Waals surface area contributed by atoms with E-state index in [1.165, 1.54) is 0 Å². The smallest absolute Gasteiger partial charge is 0.225 e. The second-order valence-electron chi connectivity index (χ2n) is 4.34. The predicted octanol–water partition coefficient (Wildman–Crippen LogP) is 0.738. The van der Waals surface area contributed by atoms with Gasteiger partial charge in [0.05, 0.1) is 19.8 Å². The Kier molecular flexibility index (Phi) is 2.29. The summed E-state index contributed by atoms with van der Waals surface area (Å²) in [6, 6.07) is 0. The Balaban J connectivity index is 1.75. The summed E-state index contributed by atoms with van der Waals surface area (Å²) in [6.07, 6.45) is 4.57. The van der Waals surface area contributed by atoms with Crippen molar-refractivity contribution < 1.29 is 9.47 Å². The summed E-state index contributed by atoms with van der Waals surface area (Å²) in [4.78, 5) is 10.8. The van der Waals surface area contributed by atoms with Gasteiger partial charge in [0.15, 0.2) is 5.79 Å². The van der Waals surface area contributed by atoms with E-state index in [2.05, 4.69) is 14.9 Å². The molecule has 0 unspecified atom stereocenters. The van der Waals surface area contributed by atoms with Crippen molar-refractivity contribution in [2.75, 3.05) is 31.2 Å². The Morgan fingerprint density at radius 2 is 1.94 bits per heavy atom. The van der Waals surface area contributed by atoms with Gasteiger partial charge in [-0.1, -0.05) is 0 Å². The number of anilines is 1. The number of hydrogen-bond donors (Lipinski definition) is 0. The Morgan fingerprint density at radius 1 is 1.25 bits per heavy atom. The highest BCUT2D eigenvalue weighted by atomic mass is 16.7. The lowest BCUT2D eigenvalue weighted by Crippen LogP contribution is -2.34. The lowest BCUT2D eigenvalue weighted by Gasteiger charge is -2.22. The first-order valence-corrected chi connectivity index (χ1v) is 5.59. The molecule has 2 saturated heterocycles. The summed E-state index contributed by atoms with van der Waals surface area (Å²) in [5.41, 5.74) is 1.08. The van der Waals surface area contributed by atoms with Crippen LogP contribution in [0, 0.1) is 6.92 Å². The van der Waals surface area contributed by atoms with E-state index in [4.69, 9.17) is 9.47 Å². The minimum Gasteiger partial charge on any atom is -0.346 e. The monoisotopic (exact) mass is 221 g/mol. The van der Waals surface area contributed by atoms with Gasteiger partial charge in [-0.15, -0.1) is 0 Å². The normalized spacial score (nSPS) is 23.2. The summed E-state index contributed by atoms with van der Waals surface area (Å²) in [7, 11) is 0. The van der Waals surface area contributed by atoms with E-state index in [0.717, 1.165) is 31.0 Å². The number of nitrogens with zero attached hydrogens (tertiary/aromatic N) is 3. The standard InChI is InChI=1S/C11H15N3O2/c1-9-6-12-10(13-7-9)14-3-2-11(8-14)15-4-5-16-11/h6-7H,2-5,8H2,1H3. The maximum Gasteiger partial charge on any atom is 0.225 e. The fraction of sp³-hybridized carbons (Fsp3) is 0.636. The first-order chi connectivity index (χ1) is 7.77. The zero-order valence-electron chi connectivity index (χ0n) is 9.35. The van der Waals surface area contributed by atoms with E-state index >= 15 is 0 Å². The molecule has 3 rings (SSSR count). The van der Waals surface area contributed by atoms with Gasteiger partial charge in [-0.3, -0.25) is 0 Å². The third-order valence-corrected chi connectivity index (χ3v) is 3.06. The lowest BCUT2D eigenvalue weighted by atomic mass is 10.2. The van der Waals surface area contributed by atoms with Gasteiger partial charge in [0.2, 0.25) is 5.95 Å². The SMILES string of the molecule is Cc1cnc(N2CCC3(C2)OCCO3)nc1. The third kappa shape index (κ3) is 1.66. The first kappa shape index (κ1) is 9.99. The van der Waals surface area contributed by atoms with Gasteiger partial charge in [-0.2, -0.15) is 0 Å². The van der Waals surface area contributed by atoms with Gasteiger partial charge in [-0.25, -0.2) is 9.97 Å². The van der Waals surface area contributed by atoms with Crippen LogP contribution in [0.2, 0.25) is 0 Å². The molecular formula is C11H15N3O2. The van der Waals surface area contributed by atoms with Crippen LogP contribution in [0.4, 0.5) is 5.95 Å². The van der Waals surface area contributed by atoms with Crippen LogP contribution in [0.25, 0.3) is 0 Å². The van der Waals surface area contributed by atoms with Crippen LogP contribution in [0.3, 0.4) is 0 Å². The van der Waals surface area contributed by atoms with Crippen LogP contribution in [0.5, 0.6) is 0 Å². The lowest BCUT2D eigenvalue weighted by molar-refractivity contribution is -0.138. The van der Waals surface area contributed by atoms with Gasteiger partial charge in [0.25, 0.3) is 0 Å². The summed E-state index contributed by atoms with van der Waals surface area (Å²) >= 11 is 0. The molecule has 86 valence electrons. The van der Waals surface area contributed by atoms with Crippen LogP contribution < -0.4 is 4.90 Å². The summed E-state index contributed by atoms with van der Waals surface area (Å²) in [6.45, 7) is 5.00. The van der Waals surface area contributed by atoms with Crippen LogP contribution in [0.1, 0.15) is 12.0 Å². The molecule has 0 N–H and O–H groups in total. The minimum absolute atomic E-state index is 0.395. The maximum atomic E-state index is 5.66. The van der Waals surface area contributed by atoms with Gasteiger partial charge in [0.1, 0.15) is 0 Å². The maximum absolute atomic E-state index is 5.66. The second kappa shape index (κ2) is 3.68. The number of rotatable bonds is 1. The molecule has 0 amide bonds. The molecule has 1 aromatic heterocycles. The number of aromatic nitrogens is 2. The molecule has 0 atom stereocenters. The van der Waals surface area contributed by atoms with Crippen molar-refractivity contribution in [1.82, 2.24) is 9.97 Å². The number of aryl methyl sites for hydroxylation is 1. The van der Waals surface area contributed by atoms with Crippen molar-refractivity contribution in [3.05, 3.63) is 18.0 Å². The van der Waals surface area contributed by atoms with Gasteiger partial charge in [-0.05, 0) is 12.5 Å². The van der Waals surface area contributed by atoms with Gasteiger partial charge < -0.3 is 14.4 Å². The Morgan fingerprint density at radius 3 is 2.62 bits per heavy atom. The van der Waals surface area contributed by atoms with E-state index in [1.807, 2.05) is 19.3 Å². The van der Waals surface area contributed by atoms with E-state index in [1.54, 1.807) is 0 Å². The molecule has 0 saturated carbocycles. The third-order valence-electron chi connectivity index (χ3n) is 3.06. The van der Waals surface area contributed by atoms with Crippen LogP contribution in [-0.2, 0) is 9.47 Å². The molecule has 0 aromatic carbocycles. The number of hydrogen-bond acceptors (Lipinski definition) is 5. The Bertz CT molecular complexity index is 373. The van der Waals surface area contributed by atoms with Crippen LogP contribution in [0.15, 0.2) is 12.4 Å². The highest BCUT2D eigenvalue weighted by Gasteiger charge is 2.43. The van der Waals surface area contributed by atoms with Crippen molar-refractivity contribution >= 4 is 5.95 Å². The molecule has 0 bridgehead atoms. The Hall–Kier alpha value is -1.20. The quantitative estimate of drug-likeness (QED) is 0.700. The average Bonchev–Trinajstić information content (AvgIpc) is 2.91. The van der Waals surface area contributed by atoms with Crippen molar-refractivity contribution in [2.24, 2.45) is 0 Å². The largest absolute Gasteiger partial charge is 0.346 e. The molecule has 5 nitrogen and oxygen atoms in total. The molecule has 2 fully saturated rings. The van der Waals surface area contributed by atoms with E-state index in [0.29, 0.717) is 13.2 Å². The van der Waals surface area contributed by atoms with Crippen molar-refractivity contribution in [3.63, 3.8) is 0 Å². The molecule has 0 radical (unpaired) electrons. The number of ether oxygens (including phenoxy) is 2. The summed E-state index contributed by atoms with van der Waals surface area (Å²) in [5, 5.41) is 0. The molecule has 1 spiro atoms. The fourth-order valence-electron chi connectivity index (χ4n) is 2.21. The van der Waals surface area contributed by atoms with E-state index in [9.17, 15) is 0 Å². The second-order valence-corrected chi connectivity index (χ2v) is 4.34. The molecule has 2 aliphatic rings. The molecule has 1 aromatic rings. The van der Waals surface area contributed by atoms with Gasteiger partial charge >= 0.3 is 0 Å². The molecular weight excluding hydrogens is 206 g/mol. The molecule has 0 aliphatic carbocycles. The summed E-state index contributed by atoms with van der Waals surface area (Å²) in [5.74, 6) is 0.371. The molecule has 2 aliphatic heterocycles. The van der Waals surface area contributed by atoms with Crippen LogP contribution in [-0.4, -0.2) is 42.1 Å². The zero-order valence-corrected chi connectivity index (χ0v) is 9.35. The van der Waals surface area contributed by atoms with Crippen LogP contribution >= 0.6 is 0 Å². The molecule has 3 heterocycles. The highest BCUT2D eigenvalue weighted by molar-refractivity contribution is 5.32. The minimum atomic E-state index is -0.395. The summed E-state index contributed by atoms with van der Waals surface area (Å²) < 4.78 is 11.3. The molecule has 5 heteroatoms. The Labute approximate surface area is 94.4 Å². The first-order valence-electron chi connectivity index (χ1n) is 5.59. The predicted molar refractivity (Wildman–Crippen MR) is 58.2 cm³/mol. The zero-order chi connectivity index (χ0) is 11.0. The molecule has 16 heavy (non-hydrogen) atoms. The fourth-order valence-corrected chi connectivity index (χ4v) is 2.21. The average molecular weight is 221 g/mol. The van der Waals surface area contributed by atoms with E-state index < -0.39 is 5.79 Å². The van der Waals surface area contributed by atoms with Crippen molar-refractivity contribution in [3.8, 4) is 0 Å². The van der Waals surface area contributed by atoms with Crippen molar-refractivity contribution in [1.29, 1.82) is 0 Å². The topological polar surface area (TPSA) is 47.5 Å². The van der Waals surface area contributed by atoms with Crippen molar-refractivity contribution in [2.45, 2.75) is 19.1 Å². The van der Waals surface area contributed by atoms with Gasteiger partial charge in [0, 0.05) is 25.4 Å². The highest BCUT2D eigenvalue weighted by Crippen LogP contribution is 2.31. The van der Waals surface area contributed by atoms with E-state index in [-0.39, 0.29) is 0 Å².